The lowest BCUT2D eigenvalue weighted by Gasteiger charge is -2.28. The molecule has 1 aromatic rings. The van der Waals surface area contributed by atoms with E-state index in [0.717, 1.165) is 6.54 Å². The molecule has 0 bridgehead atoms. The molecular formula is C17H26N4O3. The minimum atomic E-state index is -0.641. The van der Waals surface area contributed by atoms with Gasteiger partial charge in [-0.05, 0) is 18.8 Å². The van der Waals surface area contributed by atoms with Gasteiger partial charge in [0.1, 0.15) is 0 Å². The molecule has 2 heterocycles. The van der Waals surface area contributed by atoms with Gasteiger partial charge in [-0.1, -0.05) is 19.3 Å². The summed E-state index contributed by atoms with van der Waals surface area (Å²) in [6, 6.07) is 0.0453. The Morgan fingerprint density at radius 3 is 2.54 bits per heavy atom. The van der Waals surface area contributed by atoms with Gasteiger partial charge in [0.15, 0.2) is 0 Å². The van der Waals surface area contributed by atoms with Crippen LogP contribution in [-0.2, 0) is 9.53 Å². The Morgan fingerprint density at radius 2 is 1.96 bits per heavy atom. The van der Waals surface area contributed by atoms with Gasteiger partial charge < -0.3 is 20.5 Å². The third-order valence-corrected chi connectivity index (χ3v) is 4.83. The summed E-state index contributed by atoms with van der Waals surface area (Å²) in [7, 11) is 0. The molecule has 132 valence electrons. The van der Waals surface area contributed by atoms with Crippen molar-refractivity contribution in [3.63, 3.8) is 0 Å². The highest BCUT2D eigenvalue weighted by molar-refractivity contribution is 5.84. The lowest BCUT2D eigenvalue weighted by Crippen LogP contribution is -2.50. The first-order valence-corrected chi connectivity index (χ1v) is 8.81. The summed E-state index contributed by atoms with van der Waals surface area (Å²) in [6.07, 6.45) is 9.74. The third kappa shape index (κ3) is 4.42. The zero-order chi connectivity index (χ0) is 16.8. The molecule has 3 rings (SSSR count). The molecule has 1 saturated heterocycles. The zero-order valence-corrected chi connectivity index (χ0v) is 13.9. The van der Waals surface area contributed by atoms with Crippen molar-refractivity contribution in [3.05, 3.63) is 18.0 Å². The zero-order valence-electron chi connectivity index (χ0n) is 13.9. The van der Waals surface area contributed by atoms with Crippen LogP contribution in [0.25, 0.3) is 0 Å². The number of carbonyl (C=O) groups is 1. The van der Waals surface area contributed by atoms with Gasteiger partial charge in [-0.25, -0.2) is 9.97 Å². The second kappa shape index (κ2) is 8.39. The molecule has 1 saturated carbocycles. The second-order valence-electron chi connectivity index (χ2n) is 6.70. The van der Waals surface area contributed by atoms with Gasteiger partial charge >= 0.3 is 0 Å². The molecule has 0 spiro atoms. The van der Waals surface area contributed by atoms with E-state index in [2.05, 4.69) is 20.6 Å². The molecule has 1 aliphatic carbocycles. The number of amides is 1. The Kier molecular flexibility index (Phi) is 5.98. The van der Waals surface area contributed by atoms with Gasteiger partial charge in [-0.15, -0.1) is 0 Å². The number of nitrogens with one attached hydrogen (secondary N) is 2. The molecule has 1 amide bonds. The van der Waals surface area contributed by atoms with Crippen LogP contribution in [0.2, 0.25) is 0 Å². The van der Waals surface area contributed by atoms with Crippen molar-refractivity contribution in [1.29, 1.82) is 0 Å². The summed E-state index contributed by atoms with van der Waals surface area (Å²) in [4.78, 5) is 20.8. The SMILES string of the molecule is O=C(NC1COC1)C(CO)c1cnc(NCC2CCCCC2)nc1. The number of hydrogen-bond donors (Lipinski definition) is 3. The smallest absolute Gasteiger partial charge is 0.230 e. The summed E-state index contributed by atoms with van der Waals surface area (Å²) in [5.74, 6) is 0.423. The lowest BCUT2D eigenvalue weighted by atomic mass is 9.89. The fraction of sp³-hybridized carbons (Fsp3) is 0.706. The van der Waals surface area contributed by atoms with E-state index in [0.29, 0.717) is 30.6 Å². The number of ether oxygens (including phenoxy) is 1. The van der Waals surface area contributed by atoms with Gasteiger partial charge in [-0.2, -0.15) is 0 Å². The average molecular weight is 334 g/mol. The van der Waals surface area contributed by atoms with Crippen molar-refractivity contribution in [2.75, 3.05) is 31.7 Å². The molecule has 7 nitrogen and oxygen atoms in total. The summed E-state index contributed by atoms with van der Waals surface area (Å²) in [5, 5.41) is 15.7. The number of aliphatic hydroxyl groups is 1. The van der Waals surface area contributed by atoms with Gasteiger partial charge in [-0.3, -0.25) is 4.79 Å². The molecule has 2 aliphatic rings. The number of anilines is 1. The van der Waals surface area contributed by atoms with Crippen LogP contribution in [0.1, 0.15) is 43.6 Å². The Bertz CT molecular complexity index is 527. The van der Waals surface area contributed by atoms with Gasteiger partial charge in [0.25, 0.3) is 0 Å². The maximum atomic E-state index is 12.2. The van der Waals surface area contributed by atoms with Crippen LogP contribution >= 0.6 is 0 Å². The maximum Gasteiger partial charge on any atom is 0.230 e. The van der Waals surface area contributed by atoms with E-state index < -0.39 is 5.92 Å². The first-order valence-electron chi connectivity index (χ1n) is 8.81. The third-order valence-electron chi connectivity index (χ3n) is 4.83. The quantitative estimate of drug-likeness (QED) is 0.690. The van der Waals surface area contributed by atoms with E-state index in [9.17, 15) is 9.90 Å². The molecule has 1 atom stereocenters. The van der Waals surface area contributed by atoms with Crippen molar-refractivity contribution >= 4 is 11.9 Å². The average Bonchev–Trinajstić information content (AvgIpc) is 2.59. The van der Waals surface area contributed by atoms with Crippen LogP contribution in [0.15, 0.2) is 12.4 Å². The van der Waals surface area contributed by atoms with Gasteiger partial charge in [0, 0.05) is 24.5 Å². The van der Waals surface area contributed by atoms with E-state index in [4.69, 9.17) is 4.74 Å². The number of carbonyl (C=O) groups excluding carboxylic acids is 1. The highest BCUT2D eigenvalue weighted by Gasteiger charge is 2.26. The summed E-state index contributed by atoms with van der Waals surface area (Å²) < 4.78 is 5.04. The first kappa shape index (κ1) is 17.1. The monoisotopic (exact) mass is 334 g/mol. The highest BCUT2D eigenvalue weighted by atomic mass is 16.5. The maximum absolute atomic E-state index is 12.2. The normalized spacial score (nSPS) is 20.2. The van der Waals surface area contributed by atoms with E-state index in [-0.39, 0.29) is 18.6 Å². The predicted molar refractivity (Wildman–Crippen MR) is 89.7 cm³/mol. The summed E-state index contributed by atoms with van der Waals surface area (Å²) in [6.45, 7) is 1.69. The topological polar surface area (TPSA) is 96.4 Å². The Morgan fingerprint density at radius 1 is 1.25 bits per heavy atom. The van der Waals surface area contributed by atoms with Crippen LogP contribution in [0.5, 0.6) is 0 Å². The molecule has 1 unspecified atom stereocenters. The molecule has 2 fully saturated rings. The Hall–Kier alpha value is -1.73. The molecule has 24 heavy (non-hydrogen) atoms. The number of hydrogen-bond acceptors (Lipinski definition) is 6. The molecule has 7 heteroatoms. The van der Waals surface area contributed by atoms with Crippen molar-refractivity contribution in [1.82, 2.24) is 15.3 Å². The number of rotatable bonds is 7. The number of aromatic nitrogens is 2. The largest absolute Gasteiger partial charge is 0.395 e. The fourth-order valence-corrected chi connectivity index (χ4v) is 3.20. The van der Waals surface area contributed by atoms with Crippen molar-refractivity contribution < 1.29 is 14.6 Å². The van der Waals surface area contributed by atoms with Crippen LogP contribution in [0.4, 0.5) is 5.95 Å². The van der Waals surface area contributed by atoms with Crippen molar-refractivity contribution in [2.45, 2.75) is 44.1 Å². The molecular weight excluding hydrogens is 308 g/mol. The number of nitrogens with zero attached hydrogens (tertiary/aromatic N) is 2. The Labute approximate surface area is 142 Å². The molecule has 1 aromatic heterocycles. The Balaban J connectivity index is 1.52. The fourth-order valence-electron chi connectivity index (χ4n) is 3.20. The van der Waals surface area contributed by atoms with Crippen LogP contribution in [-0.4, -0.2) is 53.4 Å². The predicted octanol–water partition coefficient (Wildman–Crippen LogP) is 1.06. The van der Waals surface area contributed by atoms with E-state index in [1.165, 1.54) is 32.1 Å². The van der Waals surface area contributed by atoms with E-state index >= 15 is 0 Å². The first-order chi connectivity index (χ1) is 11.8. The summed E-state index contributed by atoms with van der Waals surface area (Å²) in [5.41, 5.74) is 0.624. The highest BCUT2D eigenvalue weighted by Crippen LogP contribution is 2.23. The minimum absolute atomic E-state index is 0.0453. The second-order valence-corrected chi connectivity index (χ2v) is 6.70. The van der Waals surface area contributed by atoms with E-state index in [1.807, 2.05) is 0 Å². The van der Waals surface area contributed by atoms with Crippen molar-refractivity contribution in [2.24, 2.45) is 5.92 Å². The van der Waals surface area contributed by atoms with Crippen LogP contribution in [0.3, 0.4) is 0 Å². The van der Waals surface area contributed by atoms with Gasteiger partial charge in [0.05, 0.1) is 31.8 Å². The minimum Gasteiger partial charge on any atom is -0.395 e. The van der Waals surface area contributed by atoms with Crippen molar-refractivity contribution in [3.8, 4) is 0 Å². The number of aliphatic hydroxyl groups excluding tert-OH is 1. The molecule has 3 N–H and O–H groups in total. The molecule has 0 aromatic carbocycles. The molecule has 0 radical (unpaired) electrons. The lowest BCUT2D eigenvalue weighted by molar-refractivity contribution is -0.127. The van der Waals surface area contributed by atoms with Crippen LogP contribution in [0, 0.1) is 5.92 Å². The standard InChI is InChI=1S/C17H26N4O3/c22-9-15(16(23)21-14-10-24-11-14)13-7-19-17(20-8-13)18-6-12-4-2-1-3-5-12/h7-8,12,14-15,22H,1-6,9-11H2,(H,21,23)(H,18,19,20). The summed E-state index contributed by atoms with van der Waals surface area (Å²) >= 11 is 0. The van der Waals surface area contributed by atoms with Gasteiger partial charge in [0.2, 0.25) is 11.9 Å². The van der Waals surface area contributed by atoms with E-state index in [1.54, 1.807) is 12.4 Å². The molecule has 1 aliphatic heterocycles. The van der Waals surface area contributed by atoms with Crippen LogP contribution < -0.4 is 10.6 Å².